The van der Waals surface area contributed by atoms with Crippen LogP contribution >= 0.6 is 22.9 Å². The Labute approximate surface area is 101 Å². The monoisotopic (exact) mass is 243 g/mol. The minimum atomic E-state index is 0.501. The van der Waals surface area contributed by atoms with Gasteiger partial charge in [0.1, 0.15) is 0 Å². The van der Waals surface area contributed by atoms with Crippen LogP contribution in [0.15, 0.2) is 12.1 Å². The maximum absolute atomic E-state index is 5.95. The second-order valence-electron chi connectivity index (χ2n) is 4.29. The molecule has 1 heterocycles. The fourth-order valence-electron chi connectivity index (χ4n) is 1.83. The molecule has 1 N–H and O–H groups in total. The number of hydrogen-bond donors (Lipinski definition) is 1. The largest absolute Gasteiger partial charge is 0.309 e. The van der Waals surface area contributed by atoms with Crippen molar-refractivity contribution in [2.75, 3.05) is 6.54 Å². The molecular formula is C12H18ClNS. The van der Waals surface area contributed by atoms with Crippen LogP contribution in [0.1, 0.15) is 43.5 Å². The lowest BCUT2D eigenvalue weighted by molar-refractivity contribution is 0.504. The normalized spacial score (nSPS) is 18.0. The molecule has 1 nitrogen and oxygen atoms in total. The summed E-state index contributed by atoms with van der Waals surface area (Å²) in [6, 6.07) is 4.64. The van der Waals surface area contributed by atoms with Crippen molar-refractivity contribution < 1.29 is 0 Å². The van der Waals surface area contributed by atoms with Gasteiger partial charge in [-0.2, -0.15) is 0 Å². The first-order valence-corrected chi connectivity index (χ1v) is 6.97. The van der Waals surface area contributed by atoms with Gasteiger partial charge in [0.15, 0.2) is 0 Å². The number of rotatable bonds is 6. The van der Waals surface area contributed by atoms with Gasteiger partial charge in [0.05, 0.1) is 4.34 Å². The van der Waals surface area contributed by atoms with E-state index in [1.54, 1.807) is 11.3 Å². The van der Waals surface area contributed by atoms with E-state index in [-0.39, 0.29) is 0 Å². The topological polar surface area (TPSA) is 12.0 Å². The highest BCUT2D eigenvalue weighted by molar-refractivity contribution is 7.16. The Hall–Kier alpha value is -0.0500. The molecule has 0 spiro atoms. The standard InChI is InChI=1S/C12H18ClNS/c1-2-10(11-5-6-12(13)15-11)14-8-7-9-3-4-9/h5-6,9-10,14H,2-4,7-8H2,1H3. The molecule has 1 saturated carbocycles. The van der Waals surface area contributed by atoms with Gasteiger partial charge >= 0.3 is 0 Å². The number of nitrogens with one attached hydrogen (secondary N) is 1. The second-order valence-corrected chi connectivity index (χ2v) is 6.04. The zero-order valence-electron chi connectivity index (χ0n) is 9.13. The molecule has 1 atom stereocenters. The van der Waals surface area contributed by atoms with Crippen molar-refractivity contribution in [3.05, 3.63) is 21.3 Å². The van der Waals surface area contributed by atoms with Crippen LogP contribution < -0.4 is 5.32 Å². The van der Waals surface area contributed by atoms with Gasteiger partial charge in [-0.15, -0.1) is 11.3 Å². The highest BCUT2D eigenvalue weighted by Gasteiger charge is 2.21. The molecule has 1 fully saturated rings. The van der Waals surface area contributed by atoms with E-state index in [4.69, 9.17) is 11.6 Å². The zero-order valence-corrected chi connectivity index (χ0v) is 10.7. The van der Waals surface area contributed by atoms with Crippen LogP contribution in [-0.4, -0.2) is 6.54 Å². The molecule has 15 heavy (non-hydrogen) atoms. The van der Waals surface area contributed by atoms with Crippen LogP contribution in [0.2, 0.25) is 4.34 Å². The molecule has 0 amide bonds. The molecule has 0 radical (unpaired) electrons. The molecule has 0 bridgehead atoms. The summed E-state index contributed by atoms with van der Waals surface area (Å²) in [6.45, 7) is 3.38. The van der Waals surface area contributed by atoms with Crippen LogP contribution in [0.3, 0.4) is 0 Å². The third-order valence-electron chi connectivity index (χ3n) is 2.99. The summed E-state index contributed by atoms with van der Waals surface area (Å²) in [5.74, 6) is 1.02. The molecule has 1 unspecified atom stereocenters. The second kappa shape index (κ2) is 5.33. The number of hydrogen-bond acceptors (Lipinski definition) is 2. The van der Waals surface area contributed by atoms with Gasteiger partial charge in [0.2, 0.25) is 0 Å². The Balaban J connectivity index is 1.80. The van der Waals surface area contributed by atoms with E-state index >= 15 is 0 Å². The zero-order chi connectivity index (χ0) is 10.7. The van der Waals surface area contributed by atoms with E-state index in [1.165, 1.54) is 24.1 Å². The van der Waals surface area contributed by atoms with Crippen molar-refractivity contribution in [1.82, 2.24) is 5.32 Å². The molecule has 0 aromatic carbocycles. The summed E-state index contributed by atoms with van der Waals surface area (Å²) in [6.07, 6.45) is 5.38. The molecule has 1 aliphatic carbocycles. The third-order valence-corrected chi connectivity index (χ3v) is 4.33. The summed E-state index contributed by atoms with van der Waals surface area (Å²) in [5.41, 5.74) is 0. The van der Waals surface area contributed by atoms with Crippen LogP contribution in [0, 0.1) is 5.92 Å². The Bertz CT molecular complexity index is 306. The van der Waals surface area contributed by atoms with Crippen LogP contribution in [0.25, 0.3) is 0 Å². The van der Waals surface area contributed by atoms with E-state index in [0.29, 0.717) is 6.04 Å². The van der Waals surface area contributed by atoms with Gasteiger partial charge in [-0.3, -0.25) is 0 Å². The van der Waals surface area contributed by atoms with Crippen LogP contribution in [0.5, 0.6) is 0 Å². The predicted octanol–water partition coefficient (Wildman–Crippen LogP) is 4.24. The minimum Gasteiger partial charge on any atom is -0.309 e. The lowest BCUT2D eigenvalue weighted by Crippen LogP contribution is -2.21. The van der Waals surface area contributed by atoms with Gasteiger partial charge in [0.25, 0.3) is 0 Å². The molecule has 1 aromatic heterocycles. The lowest BCUT2D eigenvalue weighted by Gasteiger charge is -2.14. The van der Waals surface area contributed by atoms with Gasteiger partial charge in [-0.25, -0.2) is 0 Å². The van der Waals surface area contributed by atoms with E-state index in [1.807, 2.05) is 6.07 Å². The molecule has 0 saturated heterocycles. The molecular weight excluding hydrogens is 226 g/mol. The lowest BCUT2D eigenvalue weighted by atomic mass is 10.2. The van der Waals surface area contributed by atoms with Crippen molar-refractivity contribution in [2.24, 2.45) is 5.92 Å². The van der Waals surface area contributed by atoms with Crippen molar-refractivity contribution in [1.29, 1.82) is 0 Å². The SMILES string of the molecule is CCC(NCCC1CC1)c1ccc(Cl)s1. The average molecular weight is 244 g/mol. The maximum Gasteiger partial charge on any atom is 0.0931 e. The minimum absolute atomic E-state index is 0.501. The maximum atomic E-state index is 5.95. The van der Waals surface area contributed by atoms with Gasteiger partial charge in [0, 0.05) is 10.9 Å². The first-order valence-electron chi connectivity index (χ1n) is 5.78. The molecule has 0 aliphatic heterocycles. The van der Waals surface area contributed by atoms with Gasteiger partial charge in [-0.05, 0) is 37.4 Å². The Morgan fingerprint density at radius 2 is 2.33 bits per heavy atom. The fourth-order valence-corrected chi connectivity index (χ4v) is 3.05. The molecule has 3 heteroatoms. The summed E-state index contributed by atoms with van der Waals surface area (Å²) in [5, 5.41) is 3.62. The van der Waals surface area contributed by atoms with Crippen LogP contribution in [-0.2, 0) is 0 Å². The van der Waals surface area contributed by atoms with E-state index in [0.717, 1.165) is 23.2 Å². The first kappa shape index (κ1) is 11.4. The summed E-state index contributed by atoms with van der Waals surface area (Å²) >= 11 is 7.64. The van der Waals surface area contributed by atoms with Crippen molar-refractivity contribution in [3.63, 3.8) is 0 Å². The number of thiophene rings is 1. The van der Waals surface area contributed by atoms with E-state index in [9.17, 15) is 0 Å². The number of halogens is 1. The van der Waals surface area contributed by atoms with Crippen molar-refractivity contribution >= 4 is 22.9 Å². The Morgan fingerprint density at radius 1 is 1.53 bits per heavy atom. The third kappa shape index (κ3) is 3.47. The summed E-state index contributed by atoms with van der Waals surface area (Å²) in [7, 11) is 0. The highest BCUT2D eigenvalue weighted by Crippen LogP contribution is 2.32. The highest BCUT2D eigenvalue weighted by atomic mass is 35.5. The Morgan fingerprint density at radius 3 is 2.87 bits per heavy atom. The quantitative estimate of drug-likeness (QED) is 0.788. The van der Waals surface area contributed by atoms with E-state index < -0.39 is 0 Å². The van der Waals surface area contributed by atoms with Gasteiger partial charge in [-0.1, -0.05) is 31.4 Å². The molecule has 1 aliphatic rings. The fraction of sp³-hybridized carbons (Fsp3) is 0.667. The summed E-state index contributed by atoms with van der Waals surface area (Å²) in [4.78, 5) is 1.37. The first-order chi connectivity index (χ1) is 7.29. The predicted molar refractivity (Wildman–Crippen MR) is 67.7 cm³/mol. The van der Waals surface area contributed by atoms with Crippen molar-refractivity contribution in [3.8, 4) is 0 Å². The van der Waals surface area contributed by atoms with Crippen LogP contribution in [0.4, 0.5) is 0 Å². The summed E-state index contributed by atoms with van der Waals surface area (Å²) < 4.78 is 0.896. The smallest absolute Gasteiger partial charge is 0.0931 e. The average Bonchev–Trinajstić information content (AvgIpc) is 2.96. The molecule has 84 valence electrons. The molecule has 1 aromatic rings. The Kier molecular flexibility index (Phi) is 4.06. The molecule has 2 rings (SSSR count). The van der Waals surface area contributed by atoms with Gasteiger partial charge < -0.3 is 5.32 Å². The van der Waals surface area contributed by atoms with E-state index in [2.05, 4.69) is 18.3 Å². The van der Waals surface area contributed by atoms with Crippen molar-refractivity contribution in [2.45, 2.75) is 38.6 Å².